The van der Waals surface area contributed by atoms with Crippen LogP contribution in [0.4, 0.5) is 0 Å². The highest BCUT2D eigenvalue weighted by molar-refractivity contribution is 7.10. The molecule has 0 radical (unpaired) electrons. The molecule has 0 bridgehead atoms. The zero-order valence-corrected chi connectivity index (χ0v) is 12.6. The van der Waals surface area contributed by atoms with Crippen LogP contribution in [0, 0.1) is 0 Å². The molecule has 1 N–H and O–H groups in total. The number of carboxylic acids is 1. The van der Waals surface area contributed by atoms with Gasteiger partial charge in [-0.05, 0) is 29.6 Å². The highest BCUT2D eigenvalue weighted by Crippen LogP contribution is 2.26. The summed E-state index contributed by atoms with van der Waals surface area (Å²) in [5, 5.41) is 11.0. The lowest BCUT2D eigenvalue weighted by Gasteiger charge is -2.32. The van der Waals surface area contributed by atoms with Crippen LogP contribution in [-0.4, -0.2) is 41.6 Å². The van der Waals surface area contributed by atoms with E-state index in [1.54, 1.807) is 28.4 Å². The molecule has 0 aliphatic carbocycles. The molecule has 1 unspecified atom stereocenters. The molecule has 1 aliphatic heterocycles. The van der Waals surface area contributed by atoms with E-state index in [1.807, 2.05) is 17.5 Å². The lowest BCUT2D eigenvalue weighted by Crippen LogP contribution is -2.42. The van der Waals surface area contributed by atoms with Crippen molar-refractivity contribution in [3.8, 4) is 0 Å². The molecule has 1 fully saturated rings. The number of morpholine rings is 1. The van der Waals surface area contributed by atoms with Crippen LogP contribution < -0.4 is 0 Å². The van der Waals surface area contributed by atoms with Crippen molar-refractivity contribution in [2.75, 3.05) is 19.7 Å². The van der Waals surface area contributed by atoms with Gasteiger partial charge < -0.3 is 14.7 Å². The first-order valence-electron chi connectivity index (χ1n) is 6.93. The van der Waals surface area contributed by atoms with Crippen molar-refractivity contribution >= 4 is 23.2 Å². The van der Waals surface area contributed by atoms with Crippen LogP contribution in [0.2, 0.25) is 0 Å². The molecule has 2 heterocycles. The van der Waals surface area contributed by atoms with Crippen molar-refractivity contribution in [3.63, 3.8) is 0 Å². The molecule has 5 nitrogen and oxygen atoms in total. The number of thiophene rings is 1. The van der Waals surface area contributed by atoms with Crippen LogP contribution in [0.3, 0.4) is 0 Å². The SMILES string of the molecule is O=C(O)c1cccc(C(=O)N2CCOC(c3cccs3)C2)c1. The predicted octanol–water partition coefficient (Wildman–Crippen LogP) is 2.66. The van der Waals surface area contributed by atoms with E-state index in [4.69, 9.17) is 9.84 Å². The van der Waals surface area contributed by atoms with E-state index in [0.717, 1.165) is 4.88 Å². The Morgan fingerprint density at radius 1 is 1.23 bits per heavy atom. The van der Waals surface area contributed by atoms with Gasteiger partial charge in [-0.1, -0.05) is 12.1 Å². The smallest absolute Gasteiger partial charge is 0.335 e. The van der Waals surface area contributed by atoms with Crippen LogP contribution in [0.25, 0.3) is 0 Å². The summed E-state index contributed by atoms with van der Waals surface area (Å²) in [5.74, 6) is -1.19. The molecule has 1 atom stereocenters. The van der Waals surface area contributed by atoms with Gasteiger partial charge in [-0.2, -0.15) is 0 Å². The Balaban J connectivity index is 1.77. The van der Waals surface area contributed by atoms with E-state index in [1.165, 1.54) is 12.1 Å². The third-order valence-corrected chi connectivity index (χ3v) is 4.54. The number of hydrogen-bond donors (Lipinski definition) is 1. The van der Waals surface area contributed by atoms with Gasteiger partial charge in [-0.15, -0.1) is 11.3 Å². The van der Waals surface area contributed by atoms with Crippen LogP contribution >= 0.6 is 11.3 Å². The molecule has 6 heteroatoms. The average Bonchev–Trinajstić information content (AvgIpc) is 3.09. The fraction of sp³-hybridized carbons (Fsp3) is 0.250. The number of carboxylic acid groups (broad SMARTS) is 1. The summed E-state index contributed by atoms with van der Waals surface area (Å²) in [6, 6.07) is 10.1. The number of carbonyl (C=O) groups is 2. The summed E-state index contributed by atoms with van der Waals surface area (Å²) in [4.78, 5) is 26.4. The van der Waals surface area contributed by atoms with Crippen molar-refractivity contribution < 1.29 is 19.4 Å². The number of ether oxygens (including phenoxy) is 1. The number of nitrogens with zero attached hydrogens (tertiary/aromatic N) is 1. The summed E-state index contributed by atoms with van der Waals surface area (Å²) in [7, 11) is 0. The predicted molar refractivity (Wildman–Crippen MR) is 82.3 cm³/mol. The Morgan fingerprint density at radius 2 is 2.05 bits per heavy atom. The van der Waals surface area contributed by atoms with Crippen molar-refractivity contribution in [1.29, 1.82) is 0 Å². The minimum absolute atomic E-state index is 0.111. The highest BCUT2D eigenvalue weighted by Gasteiger charge is 2.26. The maximum Gasteiger partial charge on any atom is 0.335 e. The third kappa shape index (κ3) is 3.03. The first-order valence-corrected chi connectivity index (χ1v) is 7.81. The van der Waals surface area contributed by atoms with Crippen LogP contribution in [0.5, 0.6) is 0 Å². The maximum atomic E-state index is 12.6. The fourth-order valence-corrected chi connectivity index (χ4v) is 3.21. The van der Waals surface area contributed by atoms with Gasteiger partial charge in [0.05, 0.1) is 18.7 Å². The van der Waals surface area contributed by atoms with E-state index >= 15 is 0 Å². The van der Waals surface area contributed by atoms with Crippen molar-refractivity contribution in [2.45, 2.75) is 6.10 Å². The van der Waals surface area contributed by atoms with Gasteiger partial charge in [0.25, 0.3) is 5.91 Å². The summed E-state index contributed by atoms with van der Waals surface area (Å²) in [5.41, 5.74) is 0.514. The second-order valence-electron chi connectivity index (χ2n) is 5.01. The number of carbonyl (C=O) groups excluding carboxylic acids is 1. The van der Waals surface area contributed by atoms with E-state index in [2.05, 4.69) is 0 Å². The molecule has 1 saturated heterocycles. The van der Waals surface area contributed by atoms with Crippen molar-refractivity contribution in [2.24, 2.45) is 0 Å². The van der Waals surface area contributed by atoms with Gasteiger partial charge in [0.15, 0.2) is 0 Å². The van der Waals surface area contributed by atoms with Gasteiger partial charge in [-0.3, -0.25) is 4.79 Å². The number of rotatable bonds is 3. The molecule has 2 aromatic rings. The van der Waals surface area contributed by atoms with Crippen LogP contribution in [0.15, 0.2) is 41.8 Å². The Morgan fingerprint density at radius 3 is 2.77 bits per heavy atom. The topological polar surface area (TPSA) is 66.8 Å². The van der Waals surface area contributed by atoms with E-state index in [9.17, 15) is 9.59 Å². The van der Waals surface area contributed by atoms with Gasteiger partial charge in [0.2, 0.25) is 0 Å². The molecule has 0 saturated carbocycles. The maximum absolute atomic E-state index is 12.6. The molecule has 1 amide bonds. The Labute approximate surface area is 131 Å². The monoisotopic (exact) mass is 317 g/mol. The minimum atomic E-state index is -1.03. The van der Waals surface area contributed by atoms with Gasteiger partial charge in [0.1, 0.15) is 6.10 Å². The molecule has 1 aliphatic rings. The summed E-state index contributed by atoms with van der Waals surface area (Å²) < 4.78 is 5.72. The molecular weight excluding hydrogens is 302 g/mol. The number of hydrogen-bond acceptors (Lipinski definition) is 4. The average molecular weight is 317 g/mol. The quantitative estimate of drug-likeness (QED) is 0.945. The molecule has 0 spiro atoms. The Bertz CT molecular complexity index is 683. The van der Waals surface area contributed by atoms with Gasteiger partial charge >= 0.3 is 5.97 Å². The van der Waals surface area contributed by atoms with Crippen LogP contribution in [0.1, 0.15) is 31.7 Å². The van der Waals surface area contributed by atoms with Gasteiger partial charge in [-0.25, -0.2) is 4.79 Å². The van der Waals surface area contributed by atoms with E-state index < -0.39 is 5.97 Å². The van der Waals surface area contributed by atoms with Crippen molar-refractivity contribution in [3.05, 3.63) is 57.8 Å². The first kappa shape index (κ1) is 14.7. The lowest BCUT2D eigenvalue weighted by atomic mass is 10.1. The molecule has 22 heavy (non-hydrogen) atoms. The second kappa shape index (κ2) is 6.29. The summed E-state index contributed by atoms with van der Waals surface area (Å²) in [6.45, 7) is 1.47. The van der Waals surface area contributed by atoms with E-state index in [-0.39, 0.29) is 17.6 Å². The summed E-state index contributed by atoms with van der Waals surface area (Å²) in [6.07, 6.45) is -0.111. The fourth-order valence-electron chi connectivity index (χ4n) is 2.45. The Kier molecular flexibility index (Phi) is 4.22. The van der Waals surface area contributed by atoms with Crippen LogP contribution in [-0.2, 0) is 4.74 Å². The molecular formula is C16H15NO4S. The summed E-state index contributed by atoms with van der Waals surface area (Å²) >= 11 is 1.60. The standard InChI is InChI=1S/C16H15NO4S/c18-15(11-3-1-4-12(9-11)16(19)20)17-6-7-21-13(10-17)14-5-2-8-22-14/h1-5,8-9,13H,6-7,10H2,(H,19,20). The number of amides is 1. The molecule has 1 aromatic carbocycles. The minimum Gasteiger partial charge on any atom is -0.478 e. The number of benzene rings is 1. The first-order chi connectivity index (χ1) is 10.6. The van der Waals surface area contributed by atoms with Gasteiger partial charge in [0, 0.05) is 17.0 Å². The lowest BCUT2D eigenvalue weighted by molar-refractivity contribution is -0.0211. The van der Waals surface area contributed by atoms with E-state index in [0.29, 0.717) is 25.3 Å². The normalized spacial score (nSPS) is 18.2. The zero-order chi connectivity index (χ0) is 15.5. The Hall–Kier alpha value is -2.18. The molecule has 1 aromatic heterocycles. The highest BCUT2D eigenvalue weighted by atomic mass is 32.1. The largest absolute Gasteiger partial charge is 0.478 e. The molecule has 114 valence electrons. The number of aromatic carboxylic acids is 1. The zero-order valence-electron chi connectivity index (χ0n) is 11.8. The molecule has 3 rings (SSSR count). The third-order valence-electron chi connectivity index (χ3n) is 3.57. The van der Waals surface area contributed by atoms with Crippen molar-refractivity contribution in [1.82, 2.24) is 4.90 Å². The second-order valence-corrected chi connectivity index (χ2v) is 5.99.